The summed E-state index contributed by atoms with van der Waals surface area (Å²) in [6.07, 6.45) is 2.96. The largest absolute Gasteiger partial charge is 0.178 e. The molecule has 0 atom stereocenters. The van der Waals surface area contributed by atoms with Crippen LogP contribution in [0.15, 0.2) is 47.4 Å². The second-order valence-electron chi connectivity index (χ2n) is 5.23. The van der Waals surface area contributed by atoms with E-state index in [1.807, 2.05) is 0 Å². The highest BCUT2D eigenvalue weighted by molar-refractivity contribution is 7.10. The minimum Gasteiger partial charge on any atom is -0.177 e. The van der Waals surface area contributed by atoms with Crippen LogP contribution in [0.1, 0.15) is 28.8 Å². The molecule has 4 nitrogen and oxygen atoms in total. The molecule has 2 heterocycles. The van der Waals surface area contributed by atoms with Gasteiger partial charge >= 0.3 is 0 Å². The van der Waals surface area contributed by atoms with E-state index in [1.165, 1.54) is 32.7 Å². The van der Waals surface area contributed by atoms with Crippen molar-refractivity contribution in [2.24, 2.45) is 0 Å². The molecule has 0 saturated heterocycles. The van der Waals surface area contributed by atoms with Crippen molar-refractivity contribution in [3.63, 3.8) is 0 Å². The van der Waals surface area contributed by atoms with Crippen LogP contribution < -0.4 is 0 Å². The van der Waals surface area contributed by atoms with E-state index in [9.17, 15) is 0 Å². The summed E-state index contributed by atoms with van der Waals surface area (Å²) in [5, 5.41) is 16.5. The third-order valence-corrected chi connectivity index (χ3v) is 4.77. The minimum atomic E-state index is 0.696. The monoisotopic (exact) mass is 306 g/mol. The van der Waals surface area contributed by atoms with Crippen LogP contribution in [0.5, 0.6) is 0 Å². The van der Waals surface area contributed by atoms with Gasteiger partial charge in [-0.05, 0) is 52.3 Å². The van der Waals surface area contributed by atoms with Crippen molar-refractivity contribution in [3.05, 3.63) is 69.2 Å². The summed E-state index contributed by atoms with van der Waals surface area (Å²) in [7, 11) is 0. The SMILES string of the molecule is CC1=C(Cc2nn[nH]n2)c2ccccc2/C1=C\c1cccs1. The molecule has 0 amide bonds. The zero-order valence-electron chi connectivity index (χ0n) is 12.1. The first-order valence-electron chi connectivity index (χ1n) is 7.10. The maximum absolute atomic E-state index is 4.09. The average molecular weight is 306 g/mol. The summed E-state index contributed by atoms with van der Waals surface area (Å²) < 4.78 is 0. The van der Waals surface area contributed by atoms with Gasteiger partial charge in [0.2, 0.25) is 0 Å². The molecule has 0 saturated carbocycles. The van der Waals surface area contributed by atoms with Gasteiger partial charge in [-0.2, -0.15) is 5.21 Å². The second kappa shape index (κ2) is 5.35. The van der Waals surface area contributed by atoms with E-state index >= 15 is 0 Å². The van der Waals surface area contributed by atoms with Crippen molar-refractivity contribution in [1.82, 2.24) is 20.6 Å². The first-order valence-corrected chi connectivity index (χ1v) is 7.98. The van der Waals surface area contributed by atoms with Gasteiger partial charge in [-0.25, -0.2) is 0 Å². The van der Waals surface area contributed by atoms with Gasteiger partial charge in [-0.1, -0.05) is 35.5 Å². The number of aromatic amines is 1. The summed E-state index contributed by atoms with van der Waals surface area (Å²) in [4.78, 5) is 1.27. The molecule has 0 unspecified atom stereocenters. The van der Waals surface area contributed by atoms with Crippen molar-refractivity contribution >= 4 is 28.6 Å². The van der Waals surface area contributed by atoms with E-state index in [0.717, 1.165) is 5.82 Å². The fraction of sp³-hybridized carbons (Fsp3) is 0.118. The minimum absolute atomic E-state index is 0.696. The lowest BCUT2D eigenvalue weighted by Gasteiger charge is -2.02. The molecular weight excluding hydrogens is 292 g/mol. The fourth-order valence-corrected chi connectivity index (χ4v) is 3.55. The molecule has 2 aromatic heterocycles. The van der Waals surface area contributed by atoms with Gasteiger partial charge in [0, 0.05) is 11.3 Å². The number of aromatic nitrogens is 4. The number of H-pyrrole nitrogens is 1. The third kappa shape index (κ3) is 2.19. The molecular formula is C17H14N4S. The van der Waals surface area contributed by atoms with E-state index in [1.54, 1.807) is 11.3 Å². The zero-order valence-corrected chi connectivity index (χ0v) is 12.9. The van der Waals surface area contributed by atoms with Gasteiger partial charge in [-0.3, -0.25) is 0 Å². The molecule has 0 aliphatic heterocycles. The zero-order chi connectivity index (χ0) is 14.9. The first-order chi connectivity index (χ1) is 10.8. The molecule has 0 radical (unpaired) electrons. The number of allylic oxidation sites excluding steroid dienone is 3. The van der Waals surface area contributed by atoms with E-state index < -0.39 is 0 Å². The van der Waals surface area contributed by atoms with Gasteiger partial charge < -0.3 is 0 Å². The summed E-state index contributed by atoms with van der Waals surface area (Å²) in [5.41, 5.74) is 6.41. The lowest BCUT2D eigenvalue weighted by molar-refractivity contribution is 0.881. The van der Waals surface area contributed by atoms with Gasteiger partial charge in [0.25, 0.3) is 0 Å². The number of benzene rings is 1. The maximum Gasteiger partial charge on any atom is 0.178 e. The number of nitrogens with zero attached hydrogens (tertiary/aromatic N) is 3. The standard InChI is InChI=1S/C17H14N4S/c1-11-15(9-12-5-4-8-22-12)13-6-2-3-7-14(13)16(11)10-17-18-20-21-19-17/h2-9H,10H2,1H3,(H,18,19,20,21)/b15-9-. The van der Waals surface area contributed by atoms with Crippen LogP contribution in [0.3, 0.4) is 0 Å². The lowest BCUT2D eigenvalue weighted by atomic mass is 10.0. The molecule has 0 spiro atoms. The van der Waals surface area contributed by atoms with E-state index in [4.69, 9.17) is 0 Å². The van der Waals surface area contributed by atoms with Gasteiger partial charge in [0.1, 0.15) is 0 Å². The van der Waals surface area contributed by atoms with Crippen LogP contribution in [0, 0.1) is 0 Å². The van der Waals surface area contributed by atoms with Crippen molar-refractivity contribution in [1.29, 1.82) is 0 Å². The first kappa shape index (κ1) is 13.2. The Morgan fingerprint density at radius 2 is 2.00 bits per heavy atom. The Labute approximate surface area is 132 Å². The Kier molecular flexibility index (Phi) is 3.20. The number of nitrogens with one attached hydrogen (secondary N) is 1. The maximum atomic E-state index is 4.09. The summed E-state index contributed by atoms with van der Waals surface area (Å²) in [6, 6.07) is 12.7. The third-order valence-electron chi connectivity index (χ3n) is 3.95. The Balaban J connectivity index is 1.84. The van der Waals surface area contributed by atoms with Crippen molar-refractivity contribution < 1.29 is 0 Å². The molecule has 0 bridgehead atoms. The summed E-state index contributed by atoms with van der Waals surface area (Å²) in [6.45, 7) is 2.18. The smallest absolute Gasteiger partial charge is 0.177 e. The predicted molar refractivity (Wildman–Crippen MR) is 89.1 cm³/mol. The quantitative estimate of drug-likeness (QED) is 0.800. The highest BCUT2D eigenvalue weighted by Crippen LogP contribution is 2.43. The molecule has 22 heavy (non-hydrogen) atoms. The number of hydrogen-bond acceptors (Lipinski definition) is 4. The van der Waals surface area contributed by atoms with Crippen LogP contribution in [0.4, 0.5) is 0 Å². The van der Waals surface area contributed by atoms with Gasteiger partial charge in [-0.15, -0.1) is 21.5 Å². The van der Waals surface area contributed by atoms with E-state index in [-0.39, 0.29) is 0 Å². The van der Waals surface area contributed by atoms with Crippen molar-refractivity contribution in [2.45, 2.75) is 13.3 Å². The molecule has 0 fully saturated rings. The average Bonchev–Trinajstić information content (AvgIpc) is 3.27. The number of fused-ring (bicyclic) bond motifs is 1. The normalized spacial score (nSPS) is 15.6. The predicted octanol–water partition coefficient (Wildman–Crippen LogP) is 3.83. The highest BCUT2D eigenvalue weighted by atomic mass is 32.1. The number of hydrogen-bond donors (Lipinski definition) is 1. The van der Waals surface area contributed by atoms with Crippen LogP contribution in [-0.4, -0.2) is 20.6 Å². The molecule has 4 rings (SSSR count). The molecule has 1 aliphatic carbocycles. The number of rotatable bonds is 3. The Morgan fingerprint density at radius 1 is 1.14 bits per heavy atom. The molecule has 1 aromatic carbocycles. The Bertz CT molecular complexity index is 858. The summed E-state index contributed by atoms with van der Waals surface area (Å²) >= 11 is 1.75. The topological polar surface area (TPSA) is 54.5 Å². The lowest BCUT2D eigenvalue weighted by Crippen LogP contribution is -1.93. The fourth-order valence-electron chi connectivity index (χ4n) is 2.89. The molecule has 1 N–H and O–H groups in total. The highest BCUT2D eigenvalue weighted by Gasteiger charge is 2.24. The number of thiophene rings is 1. The molecule has 1 aliphatic rings. The summed E-state index contributed by atoms with van der Waals surface area (Å²) in [5.74, 6) is 0.724. The van der Waals surface area contributed by atoms with E-state index in [2.05, 4.69) is 75.4 Å². The molecule has 3 aromatic rings. The van der Waals surface area contributed by atoms with Crippen molar-refractivity contribution in [3.8, 4) is 0 Å². The van der Waals surface area contributed by atoms with Crippen LogP contribution in [-0.2, 0) is 6.42 Å². The second-order valence-corrected chi connectivity index (χ2v) is 6.21. The Hall–Kier alpha value is -2.53. The van der Waals surface area contributed by atoms with Crippen LogP contribution in [0.25, 0.3) is 17.2 Å². The van der Waals surface area contributed by atoms with E-state index in [0.29, 0.717) is 6.42 Å². The molecule has 5 heteroatoms. The number of tetrazole rings is 1. The van der Waals surface area contributed by atoms with Crippen molar-refractivity contribution in [2.75, 3.05) is 0 Å². The van der Waals surface area contributed by atoms with Crippen LogP contribution >= 0.6 is 11.3 Å². The van der Waals surface area contributed by atoms with Gasteiger partial charge in [0.15, 0.2) is 5.82 Å². The Morgan fingerprint density at radius 3 is 2.73 bits per heavy atom. The van der Waals surface area contributed by atoms with Crippen LogP contribution in [0.2, 0.25) is 0 Å². The van der Waals surface area contributed by atoms with Gasteiger partial charge in [0.05, 0.1) is 0 Å². The molecule has 108 valence electrons.